The molecular formula is C12H18N4O. The molecule has 0 aromatic carbocycles. The van der Waals surface area contributed by atoms with Crippen LogP contribution in [0.3, 0.4) is 0 Å². The monoisotopic (exact) mass is 234 g/mol. The average molecular weight is 234 g/mol. The van der Waals surface area contributed by atoms with E-state index in [-0.39, 0.29) is 5.91 Å². The van der Waals surface area contributed by atoms with Crippen LogP contribution in [-0.4, -0.2) is 58.1 Å². The number of rotatable bonds is 1. The summed E-state index contributed by atoms with van der Waals surface area (Å²) in [6, 6.07) is 2.25. The molecule has 3 aliphatic heterocycles. The molecule has 3 fully saturated rings. The highest BCUT2D eigenvalue weighted by molar-refractivity contribution is 5.92. The lowest BCUT2D eigenvalue weighted by Crippen LogP contribution is -2.41. The normalized spacial score (nSPS) is 28.2. The first-order chi connectivity index (χ1) is 8.24. The summed E-state index contributed by atoms with van der Waals surface area (Å²) in [5.41, 5.74) is 1.50. The lowest BCUT2D eigenvalue weighted by atomic mass is 10.0. The molecule has 17 heavy (non-hydrogen) atoms. The minimum atomic E-state index is 0.0862. The average Bonchev–Trinajstić information content (AvgIpc) is 2.58. The summed E-state index contributed by atoms with van der Waals surface area (Å²) in [7, 11) is 0. The van der Waals surface area contributed by atoms with E-state index in [1.165, 1.54) is 0 Å². The second-order valence-corrected chi connectivity index (χ2v) is 5.01. The Labute approximate surface area is 101 Å². The minimum Gasteiger partial charge on any atom is -0.333 e. The van der Waals surface area contributed by atoms with E-state index in [9.17, 15) is 4.79 Å². The fourth-order valence-electron chi connectivity index (χ4n) is 2.83. The van der Waals surface area contributed by atoms with E-state index in [0.29, 0.717) is 11.7 Å². The zero-order valence-electron chi connectivity index (χ0n) is 10.1. The van der Waals surface area contributed by atoms with Gasteiger partial charge in [0.2, 0.25) is 0 Å². The number of aromatic nitrogens is 2. The molecule has 3 aliphatic rings. The predicted molar refractivity (Wildman–Crippen MR) is 63.8 cm³/mol. The summed E-state index contributed by atoms with van der Waals surface area (Å²) in [5, 5.41) is 6.91. The molecule has 0 aliphatic carbocycles. The predicted octanol–water partition coefficient (Wildman–Crippen LogP) is 0.638. The number of aryl methyl sites for hydroxylation is 1. The van der Waals surface area contributed by atoms with Gasteiger partial charge >= 0.3 is 0 Å². The SMILES string of the molecule is Cc1cc(C(=O)N2CCN3CCC2CC3)n[nH]1. The van der Waals surface area contributed by atoms with Gasteiger partial charge in [-0.1, -0.05) is 0 Å². The lowest BCUT2D eigenvalue weighted by Gasteiger charge is -2.30. The highest BCUT2D eigenvalue weighted by atomic mass is 16.2. The molecule has 2 bridgehead atoms. The first-order valence-electron chi connectivity index (χ1n) is 6.29. The molecule has 92 valence electrons. The van der Waals surface area contributed by atoms with E-state index in [0.717, 1.165) is 44.7 Å². The van der Waals surface area contributed by atoms with Crippen LogP contribution >= 0.6 is 0 Å². The number of hydrogen-bond acceptors (Lipinski definition) is 3. The Balaban J connectivity index is 1.81. The number of H-pyrrole nitrogens is 1. The van der Waals surface area contributed by atoms with E-state index in [4.69, 9.17) is 0 Å². The van der Waals surface area contributed by atoms with Crippen LogP contribution in [0.15, 0.2) is 6.07 Å². The second-order valence-electron chi connectivity index (χ2n) is 5.01. The molecule has 5 heteroatoms. The maximum Gasteiger partial charge on any atom is 0.274 e. The summed E-state index contributed by atoms with van der Waals surface area (Å²) in [6.45, 7) is 6.03. The van der Waals surface area contributed by atoms with Gasteiger partial charge in [0.05, 0.1) is 0 Å². The van der Waals surface area contributed by atoms with E-state index in [1.54, 1.807) is 0 Å². The number of nitrogens with one attached hydrogen (secondary N) is 1. The summed E-state index contributed by atoms with van der Waals surface area (Å²) in [4.78, 5) is 16.8. The van der Waals surface area contributed by atoms with E-state index in [1.807, 2.05) is 17.9 Å². The van der Waals surface area contributed by atoms with Gasteiger partial charge in [0.25, 0.3) is 5.91 Å². The van der Waals surface area contributed by atoms with Gasteiger partial charge in [0.1, 0.15) is 5.69 Å². The van der Waals surface area contributed by atoms with Crippen molar-refractivity contribution in [3.8, 4) is 0 Å². The summed E-state index contributed by atoms with van der Waals surface area (Å²) in [6.07, 6.45) is 2.21. The van der Waals surface area contributed by atoms with Crippen molar-refractivity contribution < 1.29 is 4.79 Å². The second kappa shape index (κ2) is 4.14. The van der Waals surface area contributed by atoms with Gasteiger partial charge in [-0.3, -0.25) is 9.89 Å². The van der Waals surface area contributed by atoms with Crippen molar-refractivity contribution in [1.82, 2.24) is 20.0 Å². The van der Waals surface area contributed by atoms with Crippen LogP contribution in [0.5, 0.6) is 0 Å². The molecule has 4 rings (SSSR count). The van der Waals surface area contributed by atoms with Crippen molar-refractivity contribution in [3.63, 3.8) is 0 Å². The fourth-order valence-corrected chi connectivity index (χ4v) is 2.83. The van der Waals surface area contributed by atoms with Crippen molar-refractivity contribution in [2.24, 2.45) is 0 Å². The Morgan fingerprint density at radius 3 is 2.76 bits per heavy atom. The number of carbonyl (C=O) groups excluding carboxylic acids is 1. The van der Waals surface area contributed by atoms with E-state index < -0.39 is 0 Å². The summed E-state index contributed by atoms with van der Waals surface area (Å²) >= 11 is 0. The molecule has 4 heterocycles. The van der Waals surface area contributed by atoms with Gasteiger partial charge < -0.3 is 9.80 Å². The summed E-state index contributed by atoms with van der Waals surface area (Å²) < 4.78 is 0. The van der Waals surface area contributed by atoms with Gasteiger partial charge in [0, 0.05) is 37.9 Å². The smallest absolute Gasteiger partial charge is 0.274 e. The van der Waals surface area contributed by atoms with Crippen molar-refractivity contribution >= 4 is 5.91 Å². The van der Waals surface area contributed by atoms with Crippen molar-refractivity contribution in [2.75, 3.05) is 26.2 Å². The van der Waals surface area contributed by atoms with Crippen LogP contribution in [-0.2, 0) is 0 Å². The van der Waals surface area contributed by atoms with Crippen molar-refractivity contribution in [3.05, 3.63) is 17.5 Å². The molecule has 0 unspecified atom stereocenters. The van der Waals surface area contributed by atoms with Gasteiger partial charge in [-0.2, -0.15) is 5.10 Å². The molecule has 0 atom stereocenters. The van der Waals surface area contributed by atoms with Crippen LogP contribution in [0.1, 0.15) is 29.0 Å². The molecule has 0 radical (unpaired) electrons. The Morgan fingerprint density at radius 2 is 2.12 bits per heavy atom. The topological polar surface area (TPSA) is 52.2 Å². The van der Waals surface area contributed by atoms with Crippen molar-refractivity contribution in [2.45, 2.75) is 25.8 Å². The van der Waals surface area contributed by atoms with Gasteiger partial charge in [-0.05, 0) is 25.8 Å². The lowest BCUT2D eigenvalue weighted by molar-refractivity contribution is 0.0679. The largest absolute Gasteiger partial charge is 0.333 e. The number of nitrogens with zero attached hydrogens (tertiary/aromatic N) is 3. The van der Waals surface area contributed by atoms with E-state index in [2.05, 4.69) is 15.1 Å². The van der Waals surface area contributed by atoms with E-state index >= 15 is 0 Å². The molecule has 1 amide bonds. The third kappa shape index (κ3) is 1.95. The summed E-state index contributed by atoms with van der Waals surface area (Å²) in [5.74, 6) is 0.0862. The number of aromatic amines is 1. The number of hydrogen-bond donors (Lipinski definition) is 1. The Kier molecular flexibility index (Phi) is 2.63. The Bertz CT molecular complexity index is 420. The quantitative estimate of drug-likeness (QED) is 0.775. The van der Waals surface area contributed by atoms with Gasteiger partial charge in [0.15, 0.2) is 0 Å². The van der Waals surface area contributed by atoms with Gasteiger partial charge in [-0.25, -0.2) is 0 Å². The zero-order chi connectivity index (χ0) is 11.8. The van der Waals surface area contributed by atoms with Crippen LogP contribution in [0.2, 0.25) is 0 Å². The molecule has 0 saturated carbocycles. The first-order valence-corrected chi connectivity index (χ1v) is 6.29. The maximum atomic E-state index is 12.4. The number of piperidine rings is 1. The minimum absolute atomic E-state index is 0.0862. The Hall–Kier alpha value is -1.36. The first kappa shape index (κ1) is 10.8. The molecular weight excluding hydrogens is 216 g/mol. The molecule has 1 aromatic heterocycles. The maximum absolute atomic E-state index is 12.4. The fraction of sp³-hybridized carbons (Fsp3) is 0.667. The standard InChI is InChI=1S/C12H18N4O/c1-9-8-11(14-13-9)12(17)16-7-6-15-4-2-10(16)3-5-15/h8,10H,2-7H2,1H3,(H,13,14). The third-order valence-corrected chi connectivity index (χ3v) is 3.84. The molecule has 1 aromatic rings. The van der Waals surface area contributed by atoms with Crippen LogP contribution in [0, 0.1) is 6.92 Å². The third-order valence-electron chi connectivity index (χ3n) is 3.84. The molecule has 1 N–H and O–H groups in total. The number of fused-ring (bicyclic) bond motifs is 4. The molecule has 5 nitrogen and oxygen atoms in total. The number of carbonyl (C=O) groups is 1. The van der Waals surface area contributed by atoms with Gasteiger partial charge in [-0.15, -0.1) is 0 Å². The highest BCUT2D eigenvalue weighted by Gasteiger charge is 2.32. The zero-order valence-corrected chi connectivity index (χ0v) is 10.1. The highest BCUT2D eigenvalue weighted by Crippen LogP contribution is 2.22. The molecule has 0 spiro atoms. The number of amides is 1. The van der Waals surface area contributed by atoms with Crippen LogP contribution in [0.25, 0.3) is 0 Å². The molecule has 3 saturated heterocycles. The Morgan fingerprint density at radius 1 is 1.35 bits per heavy atom. The van der Waals surface area contributed by atoms with Crippen molar-refractivity contribution in [1.29, 1.82) is 0 Å². The van der Waals surface area contributed by atoms with Crippen LogP contribution in [0.4, 0.5) is 0 Å². The van der Waals surface area contributed by atoms with Crippen LogP contribution < -0.4 is 0 Å².